The topological polar surface area (TPSA) is 37.4 Å². The predicted octanol–water partition coefficient (Wildman–Crippen LogP) is 1.76. The molecule has 15 heavy (non-hydrogen) atoms. The van der Waals surface area contributed by atoms with Crippen molar-refractivity contribution in [2.75, 3.05) is 6.54 Å². The molecule has 0 unspecified atom stereocenters. The molecule has 3 heteroatoms. The van der Waals surface area contributed by atoms with E-state index in [2.05, 4.69) is 4.90 Å². The molecule has 0 radical (unpaired) electrons. The summed E-state index contributed by atoms with van der Waals surface area (Å²) in [4.78, 5) is 24.2. The van der Waals surface area contributed by atoms with Gasteiger partial charge in [-0.2, -0.15) is 0 Å². The number of amides is 1. The Kier molecular flexibility index (Phi) is 3.39. The molecule has 2 aliphatic heterocycles. The number of nitrogens with zero attached hydrogens (tertiary/aromatic N) is 1. The van der Waals surface area contributed by atoms with Crippen molar-refractivity contribution in [3.8, 4) is 0 Å². The third kappa shape index (κ3) is 2.21. The van der Waals surface area contributed by atoms with E-state index >= 15 is 0 Å². The van der Waals surface area contributed by atoms with Crippen molar-refractivity contribution in [2.45, 2.75) is 51.0 Å². The lowest BCUT2D eigenvalue weighted by molar-refractivity contribution is -0.140. The summed E-state index contributed by atoms with van der Waals surface area (Å²) >= 11 is 0. The van der Waals surface area contributed by atoms with Crippen molar-refractivity contribution < 1.29 is 9.59 Å². The van der Waals surface area contributed by atoms with Gasteiger partial charge in [-0.3, -0.25) is 4.79 Å². The van der Waals surface area contributed by atoms with Crippen LogP contribution >= 0.6 is 0 Å². The van der Waals surface area contributed by atoms with Crippen LogP contribution in [0.2, 0.25) is 0 Å². The van der Waals surface area contributed by atoms with Gasteiger partial charge in [0.2, 0.25) is 5.91 Å². The van der Waals surface area contributed by atoms with Crippen molar-refractivity contribution in [2.24, 2.45) is 5.92 Å². The fraction of sp³-hybridized carbons (Fsp3) is 0.833. The van der Waals surface area contributed by atoms with Crippen molar-refractivity contribution in [1.29, 1.82) is 0 Å². The van der Waals surface area contributed by atoms with Gasteiger partial charge in [-0.25, -0.2) is 0 Å². The number of aldehydes is 1. The minimum absolute atomic E-state index is 0.335. The molecular weight excluding hydrogens is 190 g/mol. The van der Waals surface area contributed by atoms with Crippen LogP contribution in [0.4, 0.5) is 0 Å². The van der Waals surface area contributed by atoms with Crippen molar-refractivity contribution in [3.05, 3.63) is 0 Å². The lowest BCUT2D eigenvalue weighted by Gasteiger charge is -2.44. The molecule has 2 rings (SSSR count). The Morgan fingerprint density at radius 2 is 2.20 bits per heavy atom. The van der Waals surface area contributed by atoms with Crippen LogP contribution in [0.3, 0.4) is 0 Å². The average molecular weight is 209 g/mol. The summed E-state index contributed by atoms with van der Waals surface area (Å²) in [5, 5.41) is 0. The second-order valence-corrected chi connectivity index (χ2v) is 4.69. The smallest absolute Gasteiger partial charge is 0.222 e. The van der Waals surface area contributed by atoms with E-state index in [0.717, 1.165) is 44.9 Å². The zero-order valence-electron chi connectivity index (χ0n) is 9.15. The molecule has 2 aliphatic rings. The van der Waals surface area contributed by atoms with Gasteiger partial charge in [-0.05, 0) is 38.0 Å². The summed E-state index contributed by atoms with van der Waals surface area (Å²) in [6.07, 6.45) is 7.86. The summed E-state index contributed by atoms with van der Waals surface area (Å²) < 4.78 is 0. The van der Waals surface area contributed by atoms with E-state index in [0.29, 0.717) is 24.3 Å². The first-order chi connectivity index (χ1) is 7.33. The van der Waals surface area contributed by atoms with Crippen LogP contribution in [0.25, 0.3) is 0 Å². The maximum atomic E-state index is 11.7. The van der Waals surface area contributed by atoms with Gasteiger partial charge >= 0.3 is 0 Å². The first-order valence-electron chi connectivity index (χ1n) is 6.06. The zero-order valence-corrected chi connectivity index (χ0v) is 9.15. The molecule has 3 nitrogen and oxygen atoms in total. The highest BCUT2D eigenvalue weighted by molar-refractivity contribution is 5.77. The Labute approximate surface area is 90.8 Å². The molecule has 0 spiro atoms. The highest BCUT2D eigenvalue weighted by Gasteiger charge is 2.35. The Morgan fingerprint density at radius 1 is 1.33 bits per heavy atom. The molecule has 0 aromatic carbocycles. The largest absolute Gasteiger partial charge is 0.339 e. The van der Waals surface area contributed by atoms with Gasteiger partial charge in [0.05, 0.1) is 0 Å². The highest BCUT2D eigenvalue weighted by atomic mass is 16.2. The lowest BCUT2D eigenvalue weighted by atomic mass is 9.81. The van der Waals surface area contributed by atoms with Crippen LogP contribution in [0.1, 0.15) is 44.9 Å². The van der Waals surface area contributed by atoms with Gasteiger partial charge in [-0.15, -0.1) is 0 Å². The molecule has 0 aliphatic carbocycles. The fourth-order valence-corrected chi connectivity index (χ4v) is 3.06. The van der Waals surface area contributed by atoms with Crippen molar-refractivity contribution in [3.63, 3.8) is 0 Å². The van der Waals surface area contributed by atoms with Crippen LogP contribution in [-0.2, 0) is 9.59 Å². The third-order valence-corrected chi connectivity index (χ3v) is 3.78. The Balaban J connectivity index is 1.99. The number of hydrogen-bond donors (Lipinski definition) is 0. The summed E-state index contributed by atoms with van der Waals surface area (Å²) in [6.45, 7) is 0.946. The SMILES string of the molecule is O=CCC[C@@H]1CCCN2C(=O)CCC[C@@H]12. The number of hydrogen-bond acceptors (Lipinski definition) is 2. The van der Waals surface area contributed by atoms with Crippen LogP contribution in [0, 0.1) is 5.92 Å². The van der Waals surface area contributed by atoms with Crippen LogP contribution < -0.4 is 0 Å². The molecular formula is C12H19NO2. The average Bonchev–Trinajstić information content (AvgIpc) is 2.27. The van der Waals surface area contributed by atoms with Gasteiger partial charge in [0.15, 0.2) is 0 Å². The Bertz CT molecular complexity index is 252. The van der Waals surface area contributed by atoms with E-state index in [-0.39, 0.29) is 0 Å². The van der Waals surface area contributed by atoms with Gasteiger partial charge in [0.25, 0.3) is 0 Å². The Hall–Kier alpha value is -0.860. The molecule has 1 amide bonds. The Morgan fingerprint density at radius 3 is 3.00 bits per heavy atom. The number of carbonyl (C=O) groups is 2. The molecule has 2 heterocycles. The second-order valence-electron chi connectivity index (χ2n) is 4.69. The standard InChI is InChI=1S/C12H19NO2/c14-9-3-5-10-4-2-8-13-11(10)6-1-7-12(13)15/h9-11H,1-8H2/t10-,11-/m0/s1. The second kappa shape index (κ2) is 4.77. The van der Waals surface area contributed by atoms with E-state index in [1.807, 2.05) is 0 Å². The van der Waals surface area contributed by atoms with Crippen LogP contribution in [0.15, 0.2) is 0 Å². The van der Waals surface area contributed by atoms with Crippen molar-refractivity contribution >= 4 is 12.2 Å². The van der Waals surface area contributed by atoms with Gasteiger partial charge in [-0.1, -0.05) is 0 Å². The van der Waals surface area contributed by atoms with E-state index in [4.69, 9.17) is 0 Å². The summed E-state index contributed by atoms with van der Waals surface area (Å²) in [5.41, 5.74) is 0. The monoisotopic (exact) mass is 209 g/mol. The molecule has 2 fully saturated rings. The summed E-state index contributed by atoms with van der Waals surface area (Å²) in [6, 6.07) is 0.444. The molecule has 0 N–H and O–H groups in total. The van der Waals surface area contributed by atoms with E-state index in [1.165, 1.54) is 6.42 Å². The lowest BCUT2D eigenvalue weighted by Crippen LogP contribution is -2.50. The minimum Gasteiger partial charge on any atom is -0.339 e. The third-order valence-electron chi connectivity index (χ3n) is 3.78. The van der Waals surface area contributed by atoms with Gasteiger partial charge in [0.1, 0.15) is 6.29 Å². The van der Waals surface area contributed by atoms with Crippen molar-refractivity contribution in [1.82, 2.24) is 4.90 Å². The summed E-state index contributed by atoms with van der Waals surface area (Å²) in [5.74, 6) is 0.912. The number of carbonyl (C=O) groups excluding carboxylic acids is 2. The zero-order chi connectivity index (χ0) is 10.7. The number of piperidine rings is 2. The minimum atomic E-state index is 0.335. The normalized spacial score (nSPS) is 31.2. The predicted molar refractivity (Wildman–Crippen MR) is 57.4 cm³/mol. The fourth-order valence-electron chi connectivity index (χ4n) is 3.06. The quantitative estimate of drug-likeness (QED) is 0.664. The molecule has 2 atom stereocenters. The summed E-state index contributed by atoms with van der Waals surface area (Å²) in [7, 11) is 0. The van der Waals surface area contributed by atoms with E-state index in [1.54, 1.807) is 0 Å². The molecule has 0 saturated carbocycles. The van der Waals surface area contributed by atoms with E-state index in [9.17, 15) is 9.59 Å². The molecule has 0 aromatic rings. The van der Waals surface area contributed by atoms with Gasteiger partial charge in [0, 0.05) is 25.4 Å². The van der Waals surface area contributed by atoms with Crippen LogP contribution in [0.5, 0.6) is 0 Å². The number of rotatable bonds is 3. The first kappa shape index (κ1) is 10.7. The van der Waals surface area contributed by atoms with Gasteiger partial charge < -0.3 is 9.69 Å². The van der Waals surface area contributed by atoms with Crippen LogP contribution in [-0.4, -0.2) is 29.7 Å². The first-order valence-corrected chi connectivity index (χ1v) is 6.06. The maximum absolute atomic E-state index is 11.7. The van der Waals surface area contributed by atoms with E-state index < -0.39 is 0 Å². The molecule has 84 valence electrons. The number of fused-ring (bicyclic) bond motifs is 1. The molecule has 0 aromatic heterocycles. The molecule has 0 bridgehead atoms. The highest BCUT2D eigenvalue weighted by Crippen LogP contribution is 2.33. The molecule has 2 saturated heterocycles. The maximum Gasteiger partial charge on any atom is 0.222 e.